The van der Waals surface area contributed by atoms with Crippen molar-refractivity contribution in [3.63, 3.8) is 0 Å². The van der Waals surface area contributed by atoms with E-state index in [0.717, 1.165) is 25.7 Å². The first-order valence-corrected chi connectivity index (χ1v) is 9.29. The molecule has 144 valence electrons. The van der Waals surface area contributed by atoms with Gasteiger partial charge in [-0.3, -0.25) is 9.59 Å². The van der Waals surface area contributed by atoms with Gasteiger partial charge in [-0.15, -0.1) is 0 Å². The number of rotatable bonds is 9. The Balaban J connectivity index is 2.04. The number of aryl methyl sites for hydroxylation is 1. The van der Waals surface area contributed by atoms with E-state index in [-0.39, 0.29) is 11.5 Å². The smallest absolute Gasteiger partial charge is 0.348 e. The molecule has 1 atom stereocenters. The van der Waals surface area contributed by atoms with Gasteiger partial charge in [-0.2, -0.15) is 0 Å². The minimum absolute atomic E-state index is 0.0131. The summed E-state index contributed by atoms with van der Waals surface area (Å²) in [6.07, 6.45) is 5.11. The van der Waals surface area contributed by atoms with Gasteiger partial charge in [-0.25, -0.2) is 4.79 Å². The molecule has 0 aliphatic carbocycles. The molecule has 1 N–H and O–H groups in total. The molecular weight excluding hydrogens is 336 g/mol. The third kappa shape index (κ3) is 5.17. The van der Waals surface area contributed by atoms with Crippen molar-refractivity contribution in [3.8, 4) is 0 Å². The maximum atomic E-state index is 12.7. The largest absolute Gasteiger partial charge is 0.427 e. The molecule has 0 saturated carbocycles. The standard InChI is InChI=1S/C19H28N2O5/c1-3-4-5-7-14-9-10-15(19(24)26-14)18(23)21-12-6-8-16(21)17(22)20-11-13-25-2/h9-10,16H,3-8,11-13H2,1-2H3,(H,20,22). The number of carbonyl (C=O) groups is 2. The molecule has 26 heavy (non-hydrogen) atoms. The molecule has 2 amide bonds. The van der Waals surface area contributed by atoms with E-state index in [1.165, 1.54) is 11.0 Å². The van der Waals surface area contributed by atoms with Crippen LogP contribution in [0.2, 0.25) is 0 Å². The van der Waals surface area contributed by atoms with Crippen LogP contribution in [0.5, 0.6) is 0 Å². The van der Waals surface area contributed by atoms with Crippen LogP contribution in [-0.4, -0.2) is 49.6 Å². The highest BCUT2D eigenvalue weighted by atomic mass is 16.5. The van der Waals surface area contributed by atoms with Crippen LogP contribution in [0.3, 0.4) is 0 Å². The Labute approximate surface area is 153 Å². The van der Waals surface area contributed by atoms with Crippen molar-refractivity contribution in [2.75, 3.05) is 26.8 Å². The quantitative estimate of drug-likeness (QED) is 0.674. The van der Waals surface area contributed by atoms with E-state index < -0.39 is 17.6 Å². The highest BCUT2D eigenvalue weighted by Gasteiger charge is 2.35. The maximum Gasteiger partial charge on any atom is 0.348 e. The third-order valence-electron chi connectivity index (χ3n) is 4.56. The summed E-state index contributed by atoms with van der Waals surface area (Å²) in [5.74, 6) is -0.0630. The summed E-state index contributed by atoms with van der Waals surface area (Å²) in [5, 5.41) is 2.75. The molecule has 7 nitrogen and oxygen atoms in total. The second kappa shape index (κ2) is 10.1. The Morgan fingerprint density at radius 2 is 2.15 bits per heavy atom. The zero-order valence-corrected chi connectivity index (χ0v) is 15.6. The van der Waals surface area contributed by atoms with Gasteiger partial charge in [0.05, 0.1) is 6.61 Å². The van der Waals surface area contributed by atoms with E-state index in [2.05, 4.69) is 12.2 Å². The van der Waals surface area contributed by atoms with Gasteiger partial charge in [0, 0.05) is 26.6 Å². The molecule has 2 heterocycles. The highest BCUT2D eigenvalue weighted by Crippen LogP contribution is 2.19. The number of carbonyl (C=O) groups excluding carboxylic acids is 2. The van der Waals surface area contributed by atoms with Gasteiger partial charge in [0.2, 0.25) is 5.91 Å². The number of hydrogen-bond acceptors (Lipinski definition) is 5. The SMILES string of the molecule is CCCCCc1ccc(C(=O)N2CCCC2C(=O)NCCOC)c(=O)o1. The number of methoxy groups -OCH3 is 1. The van der Waals surface area contributed by atoms with Crippen LogP contribution in [0.1, 0.15) is 55.1 Å². The van der Waals surface area contributed by atoms with Crippen LogP contribution in [-0.2, 0) is 16.0 Å². The predicted octanol–water partition coefficient (Wildman–Crippen LogP) is 1.74. The van der Waals surface area contributed by atoms with Crippen molar-refractivity contribution < 1.29 is 18.7 Å². The van der Waals surface area contributed by atoms with Crippen molar-refractivity contribution in [1.82, 2.24) is 10.2 Å². The number of ether oxygens (including phenoxy) is 1. The molecule has 0 aromatic carbocycles. The molecule has 0 spiro atoms. The zero-order valence-electron chi connectivity index (χ0n) is 15.6. The van der Waals surface area contributed by atoms with E-state index in [0.29, 0.717) is 38.3 Å². The summed E-state index contributed by atoms with van der Waals surface area (Å²) in [4.78, 5) is 38.7. The highest BCUT2D eigenvalue weighted by molar-refractivity contribution is 5.97. The molecule has 1 unspecified atom stereocenters. The van der Waals surface area contributed by atoms with Gasteiger partial charge in [-0.05, 0) is 31.4 Å². The second-order valence-corrected chi connectivity index (χ2v) is 6.50. The number of nitrogens with zero attached hydrogens (tertiary/aromatic N) is 1. The summed E-state index contributed by atoms with van der Waals surface area (Å²) in [7, 11) is 1.56. The van der Waals surface area contributed by atoms with Crippen molar-refractivity contribution in [2.24, 2.45) is 0 Å². The number of hydrogen-bond donors (Lipinski definition) is 1. The lowest BCUT2D eigenvalue weighted by Crippen LogP contribution is -2.47. The summed E-state index contributed by atoms with van der Waals surface area (Å²) in [5.41, 5.74) is -0.643. The first-order chi connectivity index (χ1) is 12.6. The molecule has 1 saturated heterocycles. The lowest BCUT2D eigenvalue weighted by atomic mass is 10.1. The predicted molar refractivity (Wildman–Crippen MR) is 97.2 cm³/mol. The minimum atomic E-state index is -0.630. The van der Waals surface area contributed by atoms with Crippen LogP contribution < -0.4 is 10.9 Å². The Hall–Kier alpha value is -2.15. The Kier molecular flexibility index (Phi) is 7.84. The van der Waals surface area contributed by atoms with Gasteiger partial charge in [0.1, 0.15) is 17.4 Å². The van der Waals surface area contributed by atoms with E-state index in [9.17, 15) is 14.4 Å². The van der Waals surface area contributed by atoms with E-state index in [1.807, 2.05) is 0 Å². The molecule has 1 fully saturated rings. The summed E-state index contributed by atoms with van der Waals surface area (Å²) >= 11 is 0. The fraction of sp³-hybridized carbons (Fsp3) is 0.632. The lowest BCUT2D eigenvalue weighted by molar-refractivity contribution is -0.125. The monoisotopic (exact) mass is 364 g/mol. The van der Waals surface area contributed by atoms with E-state index >= 15 is 0 Å². The molecule has 1 aliphatic heterocycles. The Morgan fingerprint density at radius 3 is 2.85 bits per heavy atom. The molecule has 2 rings (SSSR count). The molecule has 1 aromatic heterocycles. The number of likely N-dealkylation sites (tertiary alicyclic amines) is 1. The van der Waals surface area contributed by atoms with Crippen LogP contribution in [0.4, 0.5) is 0 Å². The van der Waals surface area contributed by atoms with Crippen LogP contribution in [0.15, 0.2) is 21.3 Å². The van der Waals surface area contributed by atoms with Crippen LogP contribution in [0.25, 0.3) is 0 Å². The molecule has 1 aliphatic rings. The normalized spacial score (nSPS) is 16.7. The topological polar surface area (TPSA) is 88.9 Å². The van der Waals surface area contributed by atoms with Crippen molar-refractivity contribution in [3.05, 3.63) is 33.9 Å². The molecule has 7 heteroatoms. The van der Waals surface area contributed by atoms with E-state index in [4.69, 9.17) is 9.15 Å². The van der Waals surface area contributed by atoms with Crippen LogP contribution in [0, 0.1) is 0 Å². The lowest BCUT2D eigenvalue weighted by Gasteiger charge is -2.23. The molecule has 0 bridgehead atoms. The minimum Gasteiger partial charge on any atom is -0.427 e. The van der Waals surface area contributed by atoms with Crippen LogP contribution >= 0.6 is 0 Å². The summed E-state index contributed by atoms with van der Waals surface area (Å²) < 4.78 is 10.2. The fourth-order valence-corrected chi connectivity index (χ4v) is 3.13. The van der Waals surface area contributed by atoms with E-state index in [1.54, 1.807) is 13.2 Å². The van der Waals surface area contributed by atoms with Gasteiger partial charge in [0.15, 0.2) is 0 Å². The van der Waals surface area contributed by atoms with Crippen molar-refractivity contribution in [2.45, 2.75) is 51.5 Å². The number of nitrogens with one attached hydrogen (secondary N) is 1. The first-order valence-electron chi connectivity index (χ1n) is 9.29. The Morgan fingerprint density at radius 1 is 1.35 bits per heavy atom. The van der Waals surface area contributed by atoms with Gasteiger partial charge in [0.25, 0.3) is 5.91 Å². The molecule has 1 aromatic rings. The first kappa shape index (κ1) is 20.2. The molecule has 0 radical (unpaired) electrons. The van der Waals surface area contributed by atoms with Gasteiger partial charge >= 0.3 is 5.63 Å². The number of amides is 2. The van der Waals surface area contributed by atoms with Gasteiger partial charge < -0.3 is 19.4 Å². The number of unbranched alkanes of at least 4 members (excludes halogenated alkanes) is 2. The molecular formula is C19H28N2O5. The fourth-order valence-electron chi connectivity index (χ4n) is 3.13. The van der Waals surface area contributed by atoms with Crippen molar-refractivity contribution in [1.29, 1.82) is 0 Å². The average molecular weight is 364 g/mol. The zero-order chi connectivity index (χ0) is 18.9. The average Bonchev–Trinajstić information content (AvgIpc) is 3.11. The van der Waals surface area contributed by atoms with Gasteiger partial charge in [-0.1, -0.05) is 19.8 Å². The van der Waals surface area contributed by atoms with Crippen molar-refractivity contribution >= 4 is 11.8 Å². The third-order valence-corrected chi connectivity index (χ3v) is 4.56. The second-order valence-electron chi connectivity index (χ2n) is 6.50. The maximum absolute atomic E-state index is 12.7. The summed E-state index contributed by atoms with van der Waals surface area (Å²) in [6.45, 7) is 3.37. The summed E-state index contributed by atoms with van der Waals surface area (Å²) in [6, 6.07) is 2.66. The Bertz CT molecular complexity index is 670.